The molecule has 8 nitrogen and oxygen atoms in total. The lowest BCUT2D eigenvalue weighted by atomic mass is 9.98. The number of aromatic nitrogens is 2. The number of nitrogens with zero attached hydrogens (tertiary/aromatic N) is 4. The van der Waals surface area contributed by atoms with Crippen molar-refractivity contribution >= 4 is 17.8 Å². The molecular weight excluding hydrogens is 348 g/mol. The average molecular weight is 378 g/mol. The molecule has 2 heterocycles. The summed E-state index contributed by atoms with van der Waals surface area (Å²) in [6.45, 7) is 6.73. The van der Waals surface area contributed by atoms with Crippen molar-refractivity contribution < 1.29 is 19.5 Å². The number of aliphatic carboxylic acids is 1. The molecule has 0 aliphatic carbocycles. The van der Waals surface area contributed by atoms with E-state index in [-0.39, 0.29) is 30.9 Å². The zero-order valence-corrected chi connectivity index (χ0v) is 16.6. The number of carbonyl (C=O) groups is 3. The Morgan fingerprint density at radius 1 is 1.33 bits per heavy atom. The third-order valence-electron chi connectivity index (χ3n) is 5.41. The van der Waals surface area contributed by atoms with E-state index in [0.29, 0.717) is 24.9 Å². The zero-order chi connectivity index (χ0) is 20.1. The van der Waals surface area contributed by atoms with Crippen LogP contribution in [0.15, 0.2) is 6.20 Å². The molecule has 0 bridgehead atoms. The molecular formula is C19H30N4O4. The normalized spacial score (nSPS) is 17.2. The van der Waals surface area contributed by atoms with Crippen LogP contribution in [-0.2, 0) is 9.59 Å². The topological polar surface area (TPSA) is 95.7 Å². The Kier molecular flexibility index (Phi) is 6.98. The number of amides is 2. The molecule has 1 aliphatic heterocycles. The van der Waals surface area contributed by atoms with Gasteiger partial charge in [0.05, 0.1) is 30.3 Å². The van der Waals surface area contributed by atoms with Crippen LogP contribution in [0, 0.1) is 12.8 Å². The van der Waals surface area contributed by atoms with E-state index in [2.05, 4.69) is 18.9 Å². The number of carboxylic acid groups (broad SMARTS) is 1. The van der Waals surface area contributed by atoms with Crippen LogP contribution in [0.4, 0.5) is 0 Å². The van der Waals surface area contributed by atoms with E-state index in [1.54, 1.807) is 18.1 Å². The predicted octanol–water partition coefficient (Wildman–Crippen LogP) is 1.95. The largest absolute Gasteiger partial charge is 0.481 e. The smallest absolute Gasteiger partial charge is 0.308 e. The minimum atomic E-state index is -0.874. The second-order valence-electron chi connectivity index (χ2n) is 7.24. The number of likely N-dealkylation sites (N-methyl/N-ethyl adjacent to an activating group) is 1. The van der Waals surface area contributed by atoms with Gasteiger partial charge < -0.3 is 14.9 Å². The van der Waals surface area contributed by atoms with E-state index in [1.165, 1.54) is 4.90 Å². The lowest BCUT2D eigenvalue weighted by Gasteiger charge is -2.32. The third kappa shape index (κ3) is 4.67. The molecule has 150 valence electrons. The number of likely N-dealkylation sites (tertiary alicyclic amines) is 1. The van der Waals surface area contributed by atoms with Crippen LogP contribution in [0.1, 0.15) is 61.6 Å². The fraction of sp³-hybridized carbons (Fsp3) is 0.684. The van der Waals surface area contributed by atoms with Crippen LogP contribution < -0.4 is 0 Å². The second-order valence-corrected chi connectivity index (χ2v) is 7.24. The van der Waals surface area contributed by atoms with Gasteiger partial charge in [-0.3, -0.25) is 19.1 Å². The molecule has 8 heteroatoms. The molecule has 1 aromatic rings. The molecule has 1 atom stereocenters. The van der Waals surface area contributed by atoms with Crippen LogP contribution in [0.5, 0.6) is 0 Å². The highest BCUT2D eigenvalue weighted by Gasteiger charge is 2.29. The van der Waals surface area contributed by atoms with Crippen molar-refractivity contribution in [3.8, 4) is 0 Å². The second kappa shape index (κ2) is 9.01. The van der Waals surface area contributed by atoms with Gasteiger partial charge in [0.1, 0.15) is 0 Å². The van der Waals surface area contributed by atoms with E-state index < -0.39 is 11.9 Å². The highest BCUT2D eigenvalue weighted by molar-refractivity contribution is 5.97. The Balaban J connectivity index is 2.03. The lowest BCUT2D eigenvalue weighted by Crippen LogP contribution is -2.47. The van der Waals surface area contributed by atoms with Gasteiger partial charge in [-0.05, 0) is 32.6 Å². The lowest BCUT2D eigenvalue weighted by molar-refractivity contribution is -0.145. The van der Waals surface area contributed by atoms with E-state index in [1.807, 2.05) is 11.6 Å². The summed E-state index contributed by atoms with van der Waals surface area (Å²) in [5, 5.41) is 13.5. The standard InChI is InChI=1S/C19H30N4O4/c1-5-15(6-2)23-13(3)16(10-20-23)18(25)21(4)12-17(24)22-9-7-8-14(11-22)19(26)27/h10,14-15H,5-9,11-12H2,1-4H3,(H,26,27). The molecule has 2 rings (SSSR count). The van der Waals surface area contributed by atoms with Gasteiger partial charge in [-0.2, -0.15) is 5.10 Å². The summed E-state index contributed by atoms with van der Waals surface area (Å²) in [6.07, 6.45) is 4.68. The van der Waals surface area contributed by atoms with Crippen LogP contribution in [0.2, 0.25) is 0 Å². The number of carbonyl (C=O) groups excluding carboxylic acids is 2. The highest BCUT2D eigenvalue weighted by Crippen LogP contribution is 2.20. The Morgan fingerprint density at radius 3 is 2.59 bits per heavy atom. The first-order valence-corrected chi connectivity index (χ1v) is 9.60. The monoisotopic (exact) mass is 378 g/mol. The first-order valence-electron chi connectivity index (χ1n) is 9.60. The average Bonchev–Trinajstić information content (AvgIpc) is 3.03. The highest BCUT2D eigenvalue weighted by atomic mass is 16.4. The molecule has 27 heavy (non-hydrogen) atoms. The van der Waals surface area contributed by atoms with Gasteiger partial charge in [-0.1, -0.05) is 13.8 Å². The zero-order valence-electron chi connectivity index (χ0n) is 16.6. The third-order valence-corrected chi connectivity index (χ3v) is 5.41. The van der Waals surface area contributed by atoms with Crippen LogP contribution in [0.25, 0.3) is 0 Å². The first-order chi connectivity index (χ1) is 12.8. The minimum Gasteiger partial charge on any atom is -0.481 e. The molecule has 1 saturated heterocycles. The van der Waals surface area contributed by atoms with E-state index in [0.717, 1.165) is 18.5 Å². The van der Waals surface area contributed by atoms with E-state index >= 15 is 0 Å². The number of rotatable bonds is 7. The van der Waals surface area contributed by atoms with Gasteiger partial charge in [0.15, 0.2) is 0 Å². The van der Waals surface area contributed by atoms with Gasteiger partial charge >= 0.3 is 5.97 Å². The minimum absolute atomic E-state index is 0.0687. The fourth-order valence-corrected chi connectivity index (χ4v) is 3.62. The van der Waals surface area contributed by atoms with Crippen molar-refractivity contribution in [2.24, 2.45) is 5.92 Å². The number of hydrogen-bond acceptors (Lipinski definition) is 4. The Bertz CT molecular complexity index is 696. The van der Waals surface area contributed by atoms with Crippen molar-refractivity contribution in [1.29, 1.82) is 0 Å². The van der Waals surface area contributed by atoms with Crippen LogP contribution >= 0.6 is 0 Å². The van der Waals surface area contributed by atoms with Crippen molar-refractivity contribution in [3.05, 3.63) is 17.5 Å². The summed E-state index contributed by atoms with van der Waals surface area (Å²) in [7, 11) is 1.59. The molecule has 1 fully saturated rings. The maximum atomic E-state index is 12.8. The van der Waals surface area contributed by atoms with Crippen molar-refractivity contribution in [2.75, 3.05) is 26.7 Å². The molecule has 1 aliphatic rings. The molecule has 1 aromatic heterocycles. The molecule has 0 spiro atoms. The molecule has 0 saturated carbocycles. The first kappa shape index (κ1) is 20.9. The van der Waals surface area contributed by atoms with Crippen molar-refractivity contribution in [3.63, 3.8) is 0 Å². The van der Waals surface area contributed by atoms with E-state index in [4.69, 9.17) is 5.11 Å². The summed E-state index contributed by atoms with van der Waals surface area (Å²) in [5.74, 6) is -1.86. The van der Waals surface area contributed by atoms with Gasteiger partial charge in [-0.25, -0.2) is 0 Å². The molecule has 1 N–H and O–H groups in total. The Morgan fingerprint density at radius 2 is 2.00 bits per heavy atom. The summed E-state index contributed by atoms with van der Waals surface area (Å²) < 4.78 is 1.88. The van der Waals surface area contributed by atoms with Gasteiger partial charge in [0.2, 0.25) is 5.91 Å². The summed E-state index contributed by atoms with van der Waals surface area (Å²) in [4.78, 5) is 39.4. The fourth-order valence-electron chi connectivity index (χ4n) is 3.62. The van der Waals surface area contributed by atoms with Crippen molar-refractivity contribution in [2.45, 2.75) is 52.5 Å². The predicted molar refractivity (Wildman–Crippen MR) is 100 cm³/mol. The number of piperidine rings is 1. The maximum absolute atomic E-state index is 12.8. The Hall–Kier alpha value is -2.38. The van der Waals surface area contributed by atoms with Crippen LogP contribution in [0.3, 0.4) is 0 Å². The summed E-state index contributed by atoms with van der Waals surface area (Å²) in [6, 6.07) is 0.250. The molecule has 0 radical (unpaired) electrons. The molecule has 2 amide bonds. The van der Waals surface area contributed by atoms with Gasteiger partial charge in [0, 0.05) is 25.8 Å². The quantitative estimate of drug-likeness (QED) is 0.782. The summed E-state index contributed by atoms with van der Waals surface area (Å²) >= 11 is 0. The SMILES string of the molecule is CCC(CC)n1ncc(C(=O)N(C)CC(=O)N2CCCC(C(=O)O)C2)c1C. The van der Waals surface area contributed by atoms with Gasteiger partial charge in [0.25, 0.3) is 5.91 Å². The number of carboxylic acids is 1. The van der Waals surface area contributed by atoms with Crippen LogP contribution in [-0.4, -0.2) is 69.2 Å². The summed E-state index contributed by atoms with van der Waals surface area (Å²) in [5.41, 5.74) is 1.30. The maximum Gasteiger partial charge on any atom is 0.308 e. The van der Waals surface area contributed by atoms with E-state index in [9.17, 15) is 14.4 Å². The van der Waals surface area contributed by atoms with Gasteiger partial charge in [-0.15, -0.1) is 0 Å². The Labute approximate surface area is 160 Å². The molecule has 0 aromatic carbocycles. The number of hydrogen-bond donors (Lipinski definition) is 1. The van der Waals surface area contributed by atoms with Crippen molar-refractivity contribution in [1.82, 2.24) is 19.6 Å². The molecule has 1 unspecified atom stereocenters.